The molecule has 0 aliphatic rings. The SMILES string of the molecule is COC(=O)c1ccccc1NC(=O)Cn1cccc(-c2nc(-c3ccccc3C)no2)c1=O. The zero-order chi connectivity index (χ0) is 23.4. The molecule has 1 amide bonds. The number of amides is 1. The molecule has 9 nitrogen and oxygen atoms in total. The number of aromatic nitrogens is 3. The Balaban J connectivity index is 1.57. The first-order chi connectivity index (χ1) is 16.0. The number of nitrogens with zero attached hydrogens (tertiary/aromatic N) is 3. The van der Waals surface area contributed by atoms with Gasteiger partial charge in [0.1, 0.15) is 12.1 Å². The molecule has 0 unspecified atom stereocenters. The largest absolute Gasteiger partial charge is 0.465 e. The molecule has 2 aromatic carbocycles. The molecule has 9 heteroatoms. The summed E-state index contributed by atoms with van der Waals surface area (Å²) >= 11 is 0. The highest BCUT2D eigenvalue weighted by Gasteiger charge is 2.18. The topological polar surface area (TPSA) is 116 Å². The van der Waals surface area contributed by atoms with Crippen molar-refractivity contribution in [1.82, 2.24) is 14.7 Å². The van der Waals surface area contributed by atoms with E-state index in [0.29, 0.717) is 11.5 Å². The minimum absolute atomic E-state index is 0.0593. The summed E-state index contributed by atoms with van der Waals surface area (Å²) in [5, 5.41) is 6.63. The predicted octanol–water partition coefficient (Wildman–Crippen LogP) is 3.30. The normalized spacial score (nSPS) is 10.6. The van der Waals surface area contributed by atoms with Crippen LogP contribution in [0.5, 0.6) is 0 Å². The summed E-state index contributed by atoms with van der Waals surface area (Å²) in [6.45, 7) is 1.65. The molecule has 0 atom stereocenters. The van der Waals surface area contributed by atoms with E-state index in [0.717, 1.165) is 11.1 Å². The fourth-order valence-corrected chi connectivity index (χ4v) is 3.31. The number of pyridine rings is 1. The minimum atomic E-state index is -0.578. The number of benzene rings is 2. The van der Waals surface area contributed by atoms with Crippen molar-refractivity contribution in [2.24, 2.45) is 0 Å². The first kappa shape index (κ1) is 21.7. The molecule has 33 heavy (non-hydrogen) atoms. The van der Waals surface area contributed by atoms with Gasteiger partial charge in [0.2, 0.25) is 11.7 Å². The average molecular weight is 444 g/mol. The van der Waals surface area contributed by atoms with E-state index in [9.17, 15) is 14.4 Å². The third-order valence-corrected chi connectivity index (χ3v) is 4.98. The van der Waals surface area contributed by atoms with E-state index in [4.69, 9.17) is 9.26 Å². The Kier molecular flexibility index (Phi) is 6.12. The molecule has 4 rings (SSSR count). The summed E-state index contributed by atoms with van der Waals surface area (Å²) in [4.78, 5) is 41.8. The van der Waals surface area contributed by atoms with Crippen molar-refractivity contribution in [3.05, 3.63) is 88.3 Å². The van der Waals surface area contributed by atoms with Crippen molar-refractivity contribution in [1.29, 1.82) is 0 Å². The fraction of sp³-hybridized carbons (Fsp3) is 0.125. The van der Waals surface area contributed by atoms with Crippen molar-refractivity contribution in [2.45, 2.75) is 13.5 Å². The van der Waals surface area contributed by atoms with E-state index in [1.807, 2.05) is 31.2 Å². The predicted molar refractivity (Wildman–Crippen MR) is 121 cm³/mol. The van der Waals surface area contributed by atoms with Crippen molar-refractivity contribution in [3.63, 3.8) is 0 Å². The lowest BCUT2D eigenvalue weighted by Crippen LogP contribution is -2.28. The molecule has 0 radical (unpaired) electrons. The zero-order valence-electron chi connectivity index (χ0n) is 17.9. The number of ether oxygens (including phenoxy) is 1. The van der Waals surface area contributed by atoms with E-state index in [1.165, 1.54) is 23.9 Å². The first-order valence-corrected chi connectivity index (χ1v) is 10.0. The van der Waals surface area contributed by atoms with E-state index >= 15 is 0 Å². The third-order valence-electron chi connectivity index (χ3n) is 4.98. The Morgan fingerprint density at radius 1 is 1.03 bits per heavy atom. The van der Waals surface area contributed by atoms with Crippen LogP contribution < -0.4 is 10.9 Å². The molecule has 0 fully saturated rings. The van der Waals surface area contributed by atoms with E-state index < -0.39 is 17.4 Å². The number of esters is 1. The number of anilines is 1. The summed E-state index contributed by atoms with van der Waals surface area (Å²) in [6, 6.07) is 17.2. The highest BCUT2D eigenvalue weighted by Crippen LogP contribution is 2.23. The van der Waals surface area contributed by atoms with Crippen molar-refractivity contribution in [3.8, 4) is 22.8 Å². The number of aryl methyl sites for hydroxylation is 1. The molecule has 166 valence electrons. The van der Waals surface area contributed by atoms with Gasteiger partial charge >= 0.3 is 5.97 Å². The summed E-state index contributed by atoms with van der Waals surface area (Å²) in [5.74, 6) is -0.637. The number of rotatable bonds is 6. The van der Waals surface area contributed by atoms with Gasteiger partial charge in [0.25, 0.3) is 11.4 Å². The molecule has 0 spiro atoms. The molecule has 2 heterocycles. The highest BCUT2D eigenvalue weighted by molar-refractivity contribution is 6.01. The molecule has 0 saturated heterocycles. The molecule has 2 aromatic heterocycles. The second-order valence-corrected chi connectivity index (χ2v) is 7.18. The molecule has 0 aliphatic carbocycles. The number of hydrogen-bond acceptors (Lipinski definition) is 7. The molecular formula is C24H20N4O5. The second-order valence-electron chi connectivity index (χ2n) is 7.18. The maximum absolute atomic E-state index is 13.0. The van der Waals surface area contributed by atoms with Crippen LogP contribution in [-0.2, 0) is 16.1 Å². The zero-order valence-corrected chi connectivity index (χ0v) is 17.9. The van der Waals surface area contributed by atoms with Crippen LogP contribution in [0.2, 0.25) is 0 Å². The van der Waals surface area contributed by atoms with Crippen LogP contribution in [0.25, 0.3) is 22.8 Å². The number of para-hydroxylation sites is 1. The van der Waals surface area contributed by atoms with Crippen molar-refractivity contribution >= 4 is 17.6 Å². The van der Waals surface area contributed by atoms with Gasteiger partial charge in [-0.2, -0.15) is 4.98 Å². The Morgan fingerprint density at radius 3 is 2.55 bits per heavy atom. The van der Waals surface area contributed by atoms with Crippen LogP contribution in [0, 0.1) is 6.92 Å². The van der Waals surface area contributed by atoms with Crippen LogP contribution in [0.1, 0.15) is 15.9 Å². The molecule has 4 aromatic rings. The van der Waals surface area contributed by atoms with Crippen LogP contribution in [-0.4, -0.2) is 33.7 Å². The van der Waals surface area contributed by atoms with Crippen LogP contribution in [0.15, 0.2) is 76.2 Å². The maximum Gasteiger partial charge on any atom is 0.339 e. The van der Waals surface area contributed by atoms with Gasteiger partial charge in [0.05, 0.1) is 18.4 Å². The number of nitrogens with one attached hydrogen (secondary N) is 1. The first-order valence-electron chi connectivity index (χ1n) is 10.0. The van der Waals surface area contributed by atoms with Gasteiger partial charge < -0.3 is 19.1 Å². The van der Waals surface area contributed by atoms with Gasteiger partial charge in [0.15, 0.2) is 0 Å². The standard InChI is InChI=1S/C24H20N4O5/c1-15-8-3-4-9-16(15)21-26-22(33-27-21)18-11-7-13-28(23(18)30)14-20(29)25-19-12-6-5-10-17(19)24(31)32-2/h3-13H,14H2,1-2H3,(H,25,29). The Morgan fingerprint density at radius 2 is 1.76 bits per heavy atom. The van der Waals surface area contributed by atoms with Crippen LogP contribution in [0.4, 0.5) is 5.69 Å². The van der Waals surface area contributed by atoms with E-state index in [1.54, 1.807) is 30.3 Å². The van der Waals surface area contributed by atoms with Gasteiger partial charge in [-0.25, -0.2) is 4.79 Å². The minimum Gasteiger partial charge on any atom is -0.465 e. The van der Waals surface area contributed by atoms with Gasteiger partial charge in [0, 0.05) is 11.8 Å². The lowest BCUT2D eigenvalue weighted by molar-refractivity contribution is -0.116. The second kappa shape index (κ2) is 9.31. The number of carbonyl (C=O) groups excluding carboxylic acids is 2. The lowest BCUT2D eigenvalue weighted by atomic mass is 10.1. The van der Waals surface area contributed by atoms with Gasteiger partial charge in [-0.3, -0.25) is 9.59 Å². The Labute approximate surface area is 188 Å². The summed E-state index contributed by atoms with van der Waals surface area (Å²) in [7, 11) is 1.26. The van der Waals surface area contributed by atoms with Crippen molar-refractivity contribution in [2.75, 3.05) is 12.4 Å². The number of hydrogen-bond donors (Lipinski definition) is 1. The van der Waals surface area contributed by atoms with E-state index in [2.05, 4.69) is 15.5 Å². The average Bonchev–Trinajstić information content (AvgIpc) is 3.30. The Bertz CT molecular complexity index is 1390. The van der Waals surface area contributed by atoms with Crippen molar-refractivity contribution < 1.29 is 18.8 Å². The molecule has 0 bridgehead atoms. The van der Waals surface area contributed by atoms with Crippen LogP contribution >= 0.6 is 0 Å². The molecular weight excluding hydrogens is 424 g/mol. The molecule has 0 saturated carbocycles. The molecule has 0 aliphatic heterocycles. The monoisotopic (exact) mass is 444 g/mol. The number of carbonyl (C=O) groups is 2. The fourth-order valence-electron chi connectivity index (χ4n) is 3.31. The quantitative estimate of drug-likeness (QED) is 0.454. The van der Waals surface area contributed by atoms with Crippen LogP contribution in [0.3, 0.4) is 0 Å². The third kappa shape index (κ3) is 4.57. The van der Waals surface area contributed by atoms with Gasteiger partial charge in [-0.05, 0) is 36.8 Å². The van der Waals surface area contributed by atoms with Gasteiger partial charge in [-0.15, -0.1) is 0 Å². The number of methoxy groups -OCH3 is 1. The maximum atomic E-state index is 13.0. The summed E-state index contributed by atoms with van der Waals surface area (Å²) in [5.41, 5.74) is 1.98. The Hall–Kier alpha value is -4.53. The van der Waals surface area contributed by atoms with Gasteiger partial charge in [-0.1, -0.05) is 41.6 Å². The summed E-state index contributed by atoms with van der Waals surface area (Å²) in [6.07, 6.45) is 1.48. The lowest BCUT2D eigenvalue weighted by Gasteiger charge is -2.11. The highest BCUT2D eigenvalue weighted by atomic mass is 16.5. The summed E-state index contributed by atoms with van der Waals surface area (Å²) < 4.78 is 11.3. The molecule has 1 N–H and O–H groups in total. The smallest absolute Gasteiger partial charge is 0.339 e. The van der Waals surface area contributed by atoms with E-state index in [-0.39, 0.29) is 23.6 Å².